The Labute approximate surface area is 205 Å². The Kier molecular flexibility index (Phi) is 10.0. The fraction of sp³-hybridized carbons (Fsp3) is 0.391. The predicted molar refractivity (Wildman–Crippen MR) is 135 cm³/mol. The third-order valence-electron chi connectivity index (χ3n) is 4.94. The highest BCUT2D eigenvalue weighted by atomic mass is 127. The van der Waals surface area contributed by atoms with Crippen molar-refractivity contribution in [3.05, 3.63) is 53.8 Å². The number of carbonyl (C=O) groups excluding carboxylic acids is 1. The van der Waals surface area contributed by atoms with E-state index in [0.717, 1.165) is 29.5 Å². The van der Waals surface area contributed by atoms with Crippen molar-refractivity contribution < 1.29 is 18.7 Å². The third kappa shape index (κ3) is 6.47. The molecule has 0 fully saturated rings. The number of carbonyl (C=O) groups is 1. The van der Waals surface area contributed by atoms with Crippen LogP contribution in [0.25, 0.3) is 0 Å². The van der Waals surface area contributed by atoms with Gasteiger partial charge in [-0.3, -0.25) is 9.79 Å². The summed E-state index contributed by atoms with van der Waals surface area (Å²) < 4.78 is 24.4. The number of anilines is 1. The number of guanidine groups is 1. The van der Waals surface area contributed by atoms with Gasteiger partial charge in [-0.15, -0.1) is 24.0 Å². The number of aliphatic imine (C=N–C) groups is 1. The molecule has 1 aliphatic rings. The van der Waals surface area contributed by atoms with Crippen molar-refractivity contribution in [3.8, 4) is 11.5 Å². The molecule has 0 radical (unpaired) electrons. The number of hydrogen-bond acceptors (Lipinski definition) is 4. The molecule has 0 unspecified atom stereocenters. The molecule has 1 amide bonds. The summed E-state index contributed by atoms with van der Waals surface area (Å²) in [4.78, 5) is 20.7. The van der Waals surface area contributed by atoms with Crippen molar-refractivity contribution in [3.63, 3.8) is 0 Å². The summed E-state index contributed by atoms with van der Waals surface area (Å²) in [6.07, 6.45) is 0.708. The number of halogens is 2. The SMILES string of the molecule is CCNC(=NCCCN1C(=O)COc2ccccc21)N(C)Cc1ccc(OC)c(F)c1.I. The summed E-state index contributed by atoms with van der Waals surface area (Å²) in [6.45, 7) is 4.40. The van der Waals surface area contributed by atoms with Crippen molar-refractivity contribution in [2.45, 2.75) is 19.9 Å². The molecule has 0 saturated carbocycles. The van der Waals surface area contributed by atoms with Crippen LogP contribution in [0.15, 0.2) is 47.5 Å². The molecule has 32 heavy (non-hydrogen) atoms. The number of nitrogens with one attached hydrogen (secondary N) is 1. The molecule has 7 nitrogen and oxygen atoms in total. The van der Waals surface area contributed by atoms with Crippen LogP contribution in [0.1, 0.15) is 18.9 Å². The van der Waals surface area contributed by atoms with Crippen LogP contribution < -0.4 is 19.7 Å². The fourth-order valence-electron chi connectivity index (χ4n) is 3.44. The predicted octanol–water partition coefficient (Wildman–Crippen LogP) is 3.67. The largest absolute Gasteiger partial charge is 0.494 e. The quantitative estimate of drug-likeness (QED) is 0.233. The summed E-state index contributed by atoms with van der Waals surface area (Å²) in [5.74, 6) is 1.25. The zero-order valence-corrected chi connectivity index (χ0v) is 21.0. The minimum atomic E-state index is -0.384. The number of amides is 1. The molecule has 0 aliphatic carbocycles. The Bertz CT molecular complexity index is 941. The highest BCUT2D eigenvalue weighted by Gasteiger charge is 2.24. The average molecular weight is 556 g/mol. The van der Waals surface area contributed by atoms with Gasteiger partial charge in [0.25, 0.3) is 5.91 Å². The Hall–Kier alpha value is -2.56. The van der Waals surface area contributed by atoms with Crippen LogP contribution in [-0.2, 0) is 11.3 Å². The molecule has 0 spiro atoms. The minimum Gasteiger partial charge on any atom is -0.494 e. The molecule has 0 aromatic heterocycles. The second kappa shape index (κ2) is 12.5. The van der Waals surface area contributed by atoms with E-state index in [2.05, 4.69) is 10.3 Å². The summed E-state index contributed by atoms with van der Waals surface area (Å²) in [7, 11) is 3.36. The van der Waals surface area contributed by atoms with Gasteiger partial charge in [0, 0.05) is 33.2 Å². The molecule has 3 rings (SSSR count). The highest BCUT2D eigenvalue weighted by Crippen LogP contribution is 2.31. The molecular weight excluding hydrogens is 526 g/mol. The molecule has 9 heteroatoms. The van der Waals surface area contributed by atoms with Gasteiger partial charge in [0.2, 0.25) is 0 Å². The van der Waals surface area contributed by atoms with E-state index in [1.54, 1.807) is 11.0 Å². The normalized spacial score (nSPS) is 13.1. The maximum Gasteiger partial charge on any atom is 0.265 e. The number of rotatable bonds is 8. The Morgan fingerprint density at radius 1 is 1.31 bits per heavy atom. The number of benzene rings is 2. The van der Waals surface area contributed by atoms with Gasteiger partial charge in [-0.1, -0.05) is 18.2 Å². The standard InChI is InChI=1S/C23H29FN4O3.HI/c1-4-25-23(27(2)15-17-10-11-20(30-3)18(24)14-17)26-12-7-13-28-19-8-5-6-9-21(19)31-16-22(28)29;/h5-6,8-11,14H,4,7,12-13,15-16H2,1-3H3,(H,25,26);1H. The van der Waals surface area contributed by atoms with Gasteiger partial charge >= 0.3 is 0 Å². The van der Waals surface area contributed by atoms with Crippen molar-refractivity contribution in [1.82, 2.24) is 10.2 Å². The molecule has 2 aromatic rings. The van der Waals surface area contributed by atoms with Gasteiger partial charge in [0.05, 0.1) is 12.8 Å². The second-order valence-corrected chi connectivity index (χ2v) is 7.22. The Balaban J connectivity index is 0.00000363. The number of hydrogen-bond donors (Lipinski definition) is 1. The third-order valence-corrected chi connectivity index (χ3v) is 4.94. The van der Waals surface area contributed by atoms with Gasteiger partial charge in [0.1, 0.15) is 5.75 Å². The molecule has 0 atom stereocenters. The number of para-hydroxylation sites is 2. The lowest BCUT2D eigenvalue weighted by molar-refractivity contribution is -0.121. The first kappa shape index (κ1) is 25.7. The molecule has 1 heterocycles. The van der Waals surface area contributed by atoms with Crippen molar-refractivity contribution >= 4 is 41.5 Å². The van der Waals surface area contributed by atoms with Gasteiger partial charge in [-0.25, -0.2) is 4.39 Å². The summed E-state index contributed by atoms with van der Waals surface area (Å²) in [5.41, 5.74) is 1.62. The number of ether oxygens (including phenoxy) is 2. The molecule has 0 saturated heterocycles. The van der Waals surface area contributed by atoms with E-state index in [9.17, 15) is 9.18 Å². The highest BCUT2D eigenvalue weighted by molar-refractivity contribution is 14.0. The zero-order chi connectivity index (χ0) is 22.2. The molecule has 174 valence electrons. The van der Waals surface area contributed by atoms with Crippen LogP contribution in [-0.4, -0.2) is 57.2 Å². The van der Waals surface area contributed by atoms with E-state index < -0.39 is 0 Å². The van der Waals surface area contributed by atoms with E-state index in [0.29, 0.717) is 26.1 Å². The van der Waals surface area contributed by atoms with Gasteiger partial charge in [0.15, 0.2) is 24.1 Å². The monoisotopic (exact) mass is 556 g/mol. The average Bonchev–Trinajstić information content (AvgIpc) is 2.77. The number of methoxy groups -OCH3 is 1. The van der Waals surface area contributed by atoms with E-state index in [1.165, 1.54) is 13.2 Å². The van der Waals surface area contributed by atoms with Crippen LogP contribution in [0.3, 0.4) is 0 Å². The second-order valence-electron chi connectivity index (χ2n) is 7.22. The first-order valence-electron chi connectivity index (χ1n) is 10.4. The van der Waals surface area contributed by atoms with E-state index in [-0.39, 0.29) is 48.1 Å². The zero-order valence-electron chi connectivity index (χ0n) is 18.6. The Morgan fingerprint density at radius 2 is 2.09 bits per heavy atom. The Morgan fingerprint density at radius 3 is 2.81 bits per heavy atom. The topological polar surface area (TPSA) is 66.4 Å². The molecular formula is C23H30FIN4O3. The maximum atomic E-state index is 14.0. The summed E-state index contributed by atoms with van der Waals surface area (Å²) in [6, 6.07) is 12.5. The lowest BCUT2D eigenvalue weighted by Gasteiger charge is -2.29. The van der Waals surface area contributed by atoms with Crippen molar-refractivity contribution in [2.24, 2.45) is 4.99 Å². The van der Waals surface area contributed by atoms with Crippen LogP contribution in [0.2, 0.25) is 0 Å². The van der Waals surface area contributed by atoms with E-state index in [4.69, 9.17) is 9.47 Å². The van der Waals surface area contributed by atoms with Crippen LogP contribution in [0.4, 0.5) is 10.1 Å². The van der Waals surface area contributed by atoms with Gasteiger partial charge in [-0.05, 0) is 43.2 Å². The van der Waals surface area contributed by atoms with Gasteiger partial charge < -0.3 is 24.6 Å². The van der Waals surface area contributed by atoms with E-state index >= 15 is 0 Å². The molecule has 0 bridgehead atoms. The van der Waals surface area contributed by atoms with Crippen molar-refractivity contribution in [1.29, 1.82) is 0 Å². The maximum absolute atomic E-state index is 14.0. The molecule has 1 N–H and O–H groups in total. The number of nitrogens with zero attached hydrogens (tertiary/aromatic N) is 3. The van der Waals surface area contributed by atoms with Crippen LogP contribution >= 0.6 is 24.0 Å². The van der Waals surface area contributed by atoms with E-state index in [1.807, 2.05) is 49.2 Å². The van der Waals surface area contributed by atoms with Crippen LogP contribution in [0, 0.1) is 5.82 Å². The fourth-order valence-corrected chi connectivity index (χ4v) is 3.44. The first-order chi connectivity index (χ1) is 15.0. The van der Waals surface area contributed by atoms with Gasteiger partial charge in [-0.2, -0.15) is 0 Å². The molecule has 1 aliphatic heterocycles. The van der Waals surface area contributed by atoms with Crippen molar-refractivity contribution in [2.75, 3.05) is 45.3 Å². The number of fused-ring (bicyclic) bond motifs is 1. The summed E-state index contributed by atoms with van der Waals surface area (Å²) >= 11 is 0. The smallest absolute Gasteiger partial charge is 0.265 e. The lowest BCUT2D eigenvalue weighted by atomic mass is 10.2. The molecule has 2 aromatic carbocycles. The minimum absolute atomic E-state index is 0. The first-order valence-corrected chi connectivity index (χ1v) is 10.4. The summed E-state index contributed by atoms with van der Waals surface area (Å²) in [5, 5.41) is 3.26. The van der Waals surface area contributed by atoms with Crippen LogP contribution in [0.5, 0.6) is 11.5 Å². The lowest BCUT2D eigenvalue weighted by Crippen LogP contribution is -2.40.